The highest BCUT2D eigenvalue weighted by Gasteiger charge is 2.07. The molecule has 0 saturated heterocycles. The molecule has 0 saturated carbocycles. The molecular weight excluding hydrogens is 210 g/mol. The monoisotopic (exact) mass is 221 g/mol. The Bertz CT molecular complexity index is 410. The number of hydrogen-bond acceptors (Lipinski definition) is 3. The standard InChI is InChI=1S/C11H11NO2S/c1-2-15-10-5-8(7-12)3-4-9(10)6-11(13)14/h3-5H,2,6H2,1H3,(H,13,14). The molecule has 3 nitrogen and oxygen atoms in total. The van der Waals surface area contributed by atoms with Crippen LogP contribution in [0.1, 0.15) is 18.1 Å². The van der Waals surface area contributed by atoms with Crippen molar-refractivity contribution in [3.8, 4) is 6.07 Å². The van der Waals surface area contributed by atoms with Crippen LogP contribution in [0.25, 0.3) is 0 Å². The van der Waals surface area contributed by atoms with Crippen molar-refractivity contribution in [2.24, 2.45) is 0 Å². The molecule has 0 amide bonds. The first-order valence-electron chi connectivity index (χ1n) is 4.55. The smallest absolute Gasteiger partial charge is 0.307 e. The van der Waals surface area contributed by atoms with Crippen LogP contribution in [0.15, 0.2) is 23.1 Å². The first kappa shape index (κ1) is 11.6. The Morgan fingerprint density at radius 1 is 1.60 bits per heavy atom. The summed E-state index contributed by atoms with van der Waals surface area (Å²) in [6.45, 7) is 1.99. The van der Waals surface area contributed by atoms with E-state index < -0.39 is 5.97 Å². The van der Waals surface area contributed by atoms with Crippen molar-refractivity contribution in [1.82, 2.24) is 0 Å². The molecule has 1 aromatic carbocycles. The van der Waals surface area contributed by atoms with E-state index in [1.54, 1.807) is 30.0 Å². The molecule has 0 aliphatic heterocycles. The van der Waals surface area contributed by atoms with Gasteiger partial charge in [-0.2, -0.15) is 5.26 Å². The van der Waals surface area contributed by atoms with Gasteiger partial charge < -0.3 is 5.11 Å². The number of rotatable bonds is 4. The zero-order valence-electron chi connectivity index (χ0n) is 8.36. The number of thioether (sulfide) groups is 1. The number of nitriles is 1. The van der Waals surface area contributed by atoms with Crippen molar-refractivity contribution in [1.29, 1.82) is 5.26 Å². The topological polar surface area (TPSA) is 61.1 Å². The van der Waals surface area contributed by atoms with Crippen LogP contribution in [0, 0.1) is 11.3 Å². The van der Waals surface area contributed by atoms with Crippen LogP contribution in [0.5, 0.6) is 0 Å². The van der Waals surface area contributed by atoms with Gasteiger partial charge >= 0.3 is 5.97 Å². The van der Waals surface area contributed by atoms with Crippen molar-refractivity contribution in [2.45, 2.75) is 18.2 Å². The zero-order chi connectivity index (χ0) is 11.3. The lowest BCUT2D eigenvalue weighted by atomic mass is 10.1. The molecule has 0 spiro atoms. The average molecular weight is 221 g/mol. The van der Waals surface area contributed by atoms with E-state index in [1.165, 1.54) is 0 Å². The highest BCUT2D eigenvalue weighted by Crippen LogP contribution is 2.24. The summed E-state index contributed by atoms with van der Waals surface area (Å²) in [5.41, 5.74) is 1.34. The number of carbonyl (C=O) groups is 1. The van der Waals surface area contributed by atoms with Crippen molar-refractivity contribution in [3.63, 3.8) is 0 Å². The maximum atomic E-state index is 10.6. The Hall–Kier alpha value is -1.47. The van der Waals surface area contributed by atoms with Crippen LogP contribution >= 0.6 is 11.8 Å². The molecule has 1 rings (SSSR count). The lowest BCUT2D eigenvalue weighted by Crippen LogP contribution is -2.01. The van der Waals surface area contributed by atoms with E-state index >= 15 is 0 Å². The van der Waals surface area contributed by atoms with Crippen molar-refractivity contribution < 1.29 is 9.90 Å². The van der Waals surface area contributed by atoms with E-state index in [2.05, 4.69) is 0 Å². The summed E-state index contributed by atoms with van der Waals surface area (Å²) in [7, 11) is 0. The zero-order valence-corrected chi connectivity index (χ0v) is 9.17. The van der Waals surface area contributed by atoms with Crippen LogP contribution in [0.4, 0.5) is 0 Å². The summed E-state index contributed by atoms with van der Waals surface area (Å²) in [5.74, 6) is 0.0132. The minimum atomic E-state index is -0.849. The van der Waals surface area contributed by atoms with E-state index in [4.69, 9.17) is 10.4 Å². The Morgan fingerprint density at radius 3 is 2.87 bits per heavy atom. The number of hydrogen-bond donors (Lipinski definition) is 1. The van der Waals surface area contributed by atoms with Crippen LogP contribution in [0.3, 0.4) is 0 Å². The number of nitrogens with zero attached hydrogens (tertiary/aromatic N) is 1. The lowest BCUT2D eigenvalue weighted by molar-refractivity contribution is -0.136. The third kappa shape index (κ3) is 3.30. The summed E-state index contributed by atoms with van der Waals surface area (Å²) >= 11 is 1.56. The molecule has 0 bridgehead atoms. The summed E-state index contributed by atoms with van der Waals surface area (Å²) in [6, 6.07) is 7.15. The first-order valence-corrected chi connectivity index (χ1v) is 5.53. The normalized spacial score (nSPS) is 9.60. The van der Waals surface area contributed by atoms with Gasteiger partial charge in [-0.15, -0.1) is 11.8 Å². The quantitative estimate of drug-likeness (QED) is 0.792. The fourth-order valence-corrected chi connectivity index (χ4v) is 2.07. The van der Waals surface area contributed by atoms with E-state index in [0.29, 0.717) is 5.56 Å². The second kappa shape index (κ2) is 5.42. The van der Waals surface area contributed by atoms with Gasteiger partial charge in [0.25, 0.3) is 0 Å². The third-order valence-electron chi connectivity index (χ3n) is 1.84. The van der Waals surface area contributed by atoms with Gasteiger partial charge in [-0.1, -0.05) is 13.0 Å². The molecule has 0 aliphatic rings. The van der Waals surface area contributed by atoms with Gasteiger partial charge in [0.2, 0.25) is 0 Å². The van der Waals surface area contributed by atoms with Gasteiger partial charge in [-0.25, -0.2) is 0 Å². The highest BCUT2D eigenvalue weighted by molar-refractivity contribution is 7.99. The van der Waals surface area contributed by atoms with Gasteiger partial charge in [-0.3, -0.25) is 4.79 Å². The predicted octanol–water partition coefficient (Wildman–Crippen LogP) is 2.30. The predicted molar refractivity (Wildman–Crippen MR) is 58.9 cm³/mol. The minimum absolute atomic E-state index is 0.00798. The second-order valence-corrected chi connectivity index (χ2v) is 4.24. The van der Waals surface area contributed by atoms with Gasteiger partial charge in [0.1, 0.15) is 0 Å². The fourth-order valence-electron chi connectivity index (χ4n) is 1.22. The summed E-state index contributed by atoms with van der Waals surface area (Å²) in [4.78, 5) is 11.5. The van der Waals surface area contributed by atoms with Crippen LogP contribution in [-0.4, -0.2) is 16.8 Å². The molecule has 1 aromatic rings. The maximum absolute atomic E-state index is 10.6. The Labute approximate surface area is 92.7 Å². The van der Waals surface area contributed by atoms with Crippen LogP contribution in [-0.2, 0) is 11.2 Å². The Balaban J connectivity index is 3.04. The van der Waals surface area contributed by atoms with Gasteiger partial charge in [-0.05, 0) is 23.4 Å². The number of carboxylic acid groups (broad SMARTS) is 1. The molecule has 15 heavy (non-hydrogen) atoms. The summed E-state index contributed by atoms with van der Waals surface area (Å²) in [5, 5.41) is 17.4. The van der Waals surface area contributed by atoms with E-state index in [1.807, 2.05) is 13.0 Å². The molecule has 0 atom stereocenters. The molecule has 4 heteroatoms. The lowest BCUT2D eigenvalue weighted by Gasteiger charge is -2.06. The first-order chi connectivity index (χ1) is 7.17. The van der Waals surface area contributed by atoms with Gasteiger partial charge in [0, 0.05) is 4.90 Å². The number of carboxylic acids is 1. The molecule has 0 aliphatic carbocycles. The Kier molecular flexibility index (Phi) is 4.19. The summed E-state index contributed by atoms with van der Waals surface area (Å²) < 4.78 is 0. The third-order valence-corrected chi connectivity index (χ3v) is 2.82. The maximum Gasteiger partial charge on any atom is 0.307 e. The van der Waals surface area contributed by atoms with E-state index in [-0.39, 0.29) is 6.42 Å². The average Bonchev–Trinajstić information content (AvgIpc) is 2.20. The molecular formula is C11H11NO2S. The highest BCUT2D eigenvalue weighted by atomic mass is 32.2. The van der Waals surface area contributed by atoms with Crippen molar-refractivity contribution >= 4 is 17.7 Å². The molecule has 78 valence electrons. The minimum Gasteiger partial charge on any atom is -0.481 e. The number of aliphatic carboxylic acids is 1. The Morgan fingerprint density at radius 2 is 2.33 bits per heavy atom. The van der Waals surface area contributed by atoms with Crippen molar-refractivity contribution in [2.75, 3.05) is 5.75 Å². The molecule has 0 unspecified atom stereocenters. The second-order valence-electron chi connectivity index (χ2n) is 2.94. The molecule has 1 N–H and O–H groups in total. The van der Waals surface area contributed by atoms with E-state index in [9.17, 15) is 4.79 Å². The number of benzene rings is 1. The molecule has 0 fully saturated rings. The molecule has 0 radical (unpaired) electrons. The van der Waals surface area contributed by atoms with Crippen LogP contribution < -0.4 is 0 Å². The van der Waals surface area contributed by atoms with E-state index in [0.717, 1.165) is 16.2 Å². The van der Waals surface area contributed by atoms with Gasteiger partial charge in [0.05, 0.1) is 18.1 Å². The SMILES string of the molecule is CCSc1cc(C#N)ccc1CC(=O)O. The fraction of sp³-hybridized carbons (Fsp3) is 0.273. The largest absolute Gasteiger partial charge is 0.481 e. The van der Waals surface area contributed by atoms with Crippen LogP contribution in [0.2, 0.25) is 0 Å². The van der Waals surface area contributed by atoms with Crippen molar-refractivity contribution in [3.05, 3.63) is 29.3 Å². The van der Waals surface area contributed by atoms with Gasteiger partial charge in [0.15, 0.2) is 0 Å². The summed E-state index contributed by atoms with van der Waals surface area (Å²) in [6.07, 6.45) is 0.00798. The molecule has 0 aromatic heterocycles. The molecule has 0 heterocycles.